The van der Waals surface area contributed by atoms with E-state index in [0.29, 0.717) is 12.0 Å². The summed E-state index contributed by atoms with van der Waals surface area (Å²) in [5.74, 6) is -0.335. The SMILES string of the molecule is Cc1cc(F)ccc1C(N)Cc1ccc(C(F)(F)F)cc1. The van der Waals surface area contributed by atoms with Gasteiger partial charge in [0.05, 0.1) is 5.56 Å². The highest BCUT2D eigenvalue weighted by atomic mass is 19.4. The van der Waals surface area contributed by atoms with E-state index in [1.54, 1.807) is 13.0 Å². The fraction of sp³-hybridized carbons (Fsp3) is 0.250. The van der Waals surface area contributed by atoms with Crippen LogP contribution in [0, 0.1) is 12.7 Å². The Bertz CT molecular complexity index is 617. The topological polar surface area (TPSA) is 26.0 Å². The molecule has 0 radical (unpaired) electrons. The molecule has 0 aliphatic carbocycles. The van der Waals surface area contributed by atoms with E-state index in [9.17, 15) is 17.6 Å². The average molecular weight is 297 g/mol. The third-order valence-electron chi connectivity index (χ3n) is 3.37. The van der Waals surface area contributed by atoms with Gasteiger partial charge in [-0.05, 0) is 54.3 Å². The van der Waals surface area contributed by atoms with Crippen LogP contribution in [0.1, 0.15) is 28.3 Å². The molecule has 2 aromatic carbocycles. The lowest BCUT2D eigenvalue weighted by molar-refractivity contribution is -0.137. The summed E-state index contributed by atoms with van der Waals surface area (Å²) in [5, 5.41) is 0. The lowest BCUT2D eigenvalue weighted by atomic mass is 9.95. The highest BCUT2D eigenvalue weighted by Gasteiger charge is 2.29. The predicted molar refractivity (Wildman–Crippen MR) is 73.2 cm³/mol. The Balaban J connectivity index is 2.14. The normalized spacial score (nSPS) is 13.2. The zero-order chi connectivity index (χ0) is 15.6. The van der Waals surface area contributed by atoms with Crippen molar-refractivity contribution in [3.8, 4) is 0 Å². The van der Waals surface area contributed by atoms with Crippen molar-refractivity contribution in [2.75, 3.05) is 0 Å². The lowest BCUT2D eigenvalue weighted by Crippen LogP contribution is -2.15. The second-order valence-electron chi connectivity index (χ2n) is 5.01. The van der Waals surface area contributed by atoms with Crippen LogP contribution in [0.2, 0.25) is 0 Å². The number of nitrogens with two attached hydrogens (primary N) is 1. The molecule has 2 N–H and O–H groups in total. The van der Waals surface area contributed by atoms with E-state index in [-0.39, 0.29) is 11.9 Å². The highest BCUT2D eigenvalue weighted by molar-refractivity contribution is 5.32. The number of hydrogen-bond acceptors (Lipinski definition) is 1. The van der Waals surface area contributed by atoms with Gasteiger partial charge in [0.2, 0.25) is 0 Å². The van der Waals surface area contributed by atoms with Crippen LogP contribution in [0.5, 0.6) is 0 Å². The number of aryl methyl sites for hydroxylation is 1. The maximum Gasteiger partial charge on any atom is 0.416 e. The second kappa shape index (κ2) is 5.85. The quantitative estimate of drug-likeness (QED) is 0.835. The number of halogens is 4. The van der Waals surface area contributed by atoms with E-state index in [1.807, 2.05) is 0 Å². The molecule has 0 amide bonds. The fourth-order valence-corrected chi connectivity index (χ4v) is 2.25. The first-order chi connectivity index (χ1) is 9.77. The van der Waals surface area contributed by atoms with Crippen molar-refractivity contribution >= 4 is 0 Å². The summed E-state index contributed by atoms with van der Waals surface area (Å²) < 4.78 is 50.5. The first-order valence-corrected chi connectivity index (χ1v) is 6.45. The van der Waals surface area contributed by atoms with Crippen molar-refractivity contribution in [2.24, 2.45) is 5.73 Å². The standard InChI is InChI=1S/C16H15F4N/c1-10-8-13(17)6-7-14(10)15(21)9-11-2-4-12(5-3-11)16(18,19)20/h2-8,15H,9,21H2,1H3. The van der Waals surface area contributed by atoms with Crippen LogP contribution in [0.25, 0.3) is 0 Å². The molecule has 0 saturated carbocycles. The first-order valence-electron chi connectivity index (χ1n) is 6.45. The maximum atomic E-state index is 13.0. The van der Waals surface area contributed by atoms with Gasteiger partial charge in [0.1, 0.15) is 5.82 Å². The van der Waals surface area contributed by atoms with Gasteiger partial charge in [-0.3, -0.25) is 0 Å². The van der Waals surface area contributed by atoms with E-state index < -0.39 is 11.7 Å². The molecule has 2 rings (SSSR count). The van der Waals surface area contributed by atoms with Crippen molar-refractivity contribution in [3.05, 3.63) is 70.5 Å². The molecular weight excluding hydrogens is 282 g/mol. The molecule has 0 bridgehead atoms. The molecule has 1 atom stereocenters. The van der Waals surface area contributed by atoms with Gasteiger partial charge in [-0.25, -0.2) is 4.39 Å². The van der Waals surface area contributed by atoms with E-state index in [0.717, 1.165) is 23.3 Å². The van der Waals surface area contributed by atoms with E-state index in [1.165, 1.54) is 24.3 Å². The van der Waals surface area contributed by atoms with Crippen LogP contribution in [0.15, 0.2) is 42.5 Å². The van der Waals surface area contributed by atoms with Gasteiger partial charge in [0.15, 0.2) is 0 Å². The third kappa shape index (κ3) is 3.82. The summed E-state index contributed by atoms with van der Waals surface area (Å²) in [7, 11) is 0. The average Bonchev–Trinajstić information content (AvgIpc) is 2.38. The van der Waals surface area contributed by atoms with Crippen molar-refractivity contribution in [1.29, 1.82) is 0 Å². The molecule has 0 heterocycles. The van der Waals surface area contributed by atoms with Crippen LogP contribution < -0.4 is 5.73 Å². The Labute approximate surface area is 120 Å². The molecule has 1 unspecified atom stereocenters. The van der Waals surface area contributed by atoms with Crippen LogP contribution >= 0.6 is 0 Å². The highest BCUT2D eigenvalue weighted by Crippen LogP contribution is 2.29. The van der Waals surface area contributed by atoms with Gasteiger partial charge < -0.3 is 5.73 Å². The van der Waals surface area contributed by atoms with E-state index in [4.69, 9.17) is 5.73 Å². The van der Waals surface area contributed by atoms with Gasteiger partial charge in [0.25, 0.3) is 0 Å². The Kier molecular flexibility index (Phi) is 4.32. The Morgan fingerprint density at radius 3 is 2.19 bits per heavy atom. The molecule has 0 aliphatic rings. The molecule has 112 valence electrons. The lowest BCUT2D eigenvalue weighted by Gasteiger charge is -2.15. The van der Waals surface area contributed by atoms with Crippen LogP contribution in [0.3, 0.4) is 0 Å². The largest absolute Gasteiger partial charge is 0.416 e. The van der Waals surface area contributed by atoms with Gasteiger partial charge in [-0.15, -0.1) is 0 Å². The van der Waals surface area contributed by atoms with Gasteiger partial charge >= 0.3 is 6.18 Å². The number of alkyl halides is 3. The van der Waals surface area contributed by atoms with Gasteiger partial charge in [-0.1, -0.05) is 18.2 Å². The monoisotopic (exact) mass is 297 g/mol. The Morgan fingerprint density at radius 2 is 1.67 bits per heavy atom. The minimum atomic E-state index is -4.34. The second-order valence-corrected chi connectivity index (χ2v) is 5.01. The van der Waals surface area contributed by atoms with Crippen LogP contribution in [-0.2, 0) is 12.6 Å². The summed E-state index contributed by atoms with van der Waals surface area (Å²) in [6, 6.07) is 8.86. The molecule has 1 nitrogen and oxygen atoms in total. The van der Waals surface area contributed by atoms with Gasteiger partial charge in [0, 0.05) is 6.04 Å². The molecule has 0 aliphatic heterocycles. The number of rotatable bonds is 3. The summed E-state index contributed by atoms with van der Waals surface area (Å²) in [5.41, 5.74) is 7.60. The van der Waals surface area contributed by atoms with Crippen LogP contribution in [0.4, 0.5) is 17.6 Å². The molecule has 21 heavy (non-hydrogen) atoms. The number of hydrogen-bond donors (Lipinski definition) is 1. The van der Waals surface area contributed by atoms with Crippen molar-refractivity contribution in [1.82, 2.24) is 0 Å². The minimum Gasteiger partial charge on any atom is -0.324 e. The minimum absolute atomic E-state index is 0.335. The molecule has 5 heteroatoms. The summed E-state index contributed by atoms with van der Waals surface area (Å²) >= 11 is 0. The molecule has 0 saturated heterocycles. The third-order valence-corrected chi connectivity index (χ3v) is 3.37. The zero-order valence-corrected chi connectivity index (χ0v) is 11.4. The fourth-order valence-electron chi connectivity index (χ4n) is 2.25. The van der Waals surface area contributed by atoms with Crippen molar-refractivity contribution in [3.63, 3.8) is 0 Å². The molecule has 0 fully saturated rings. The van der Waals surface area contributed by atoms with E-state index in [2.05, 4.69) is 0 Å². The Hall–Kier alpha value is -1.88. The molecule has 2 aromatic rings. The molecule has 0 aromatic heterocycles. The zero-order valence-electron chi connectivity index (χ0n) is 11.4. The number of benzene rings is 2. The Morgan fingerprint density at radius 1 is 1.05 bits per heavy atom. The van der Waals surface area contributed by atoms with Crippen molar-refractivity contribution in [2.45, 2.75) is 25.6 Å². The predicted octanol–water partition coefficient (Wildman–Crippen LogP) is 4.40. The van der Waals surface area contributed by atoms with Gasteiger partial charge in [-0.2, -0.15) is 13.2 Å². The summed E-state index contributed by atoms with van der Waals surface area (Å²) in [6.45, 7) is 1.75. The maximum absolute atomic E-state index is 13.0. The van der Waals surface area contributed by atoms with E-state index >= 15 is 0 Å². The molecule has 0 spiro atoms. The van der Waals surface area contributed by atoms with Crippen LogP contribution in [-0.4, -0.2) is 0 Å². The molecular formula is C16H15F4N. The first kappa shape index (κ1) is 15.5. The van der Waals surface area contributed by atoms with Crippen molar-refractivity contribution < 1.29 is 17.6 Å². The smallest absolute Gasteiger partial charge is 0.324 e. The summed E-state index contributed by atoms with van der Waals surface area (Å²) in [4.78, 5) is 0. The summed E-state index contributed by atoms with van der Waals surface area (Å²) in [6.07, 6.45) is -3.95.